The molecular formula is C9H8N2OS2. The normalized spacial score (nSPS) is 10.4. The van der Waals surface area contributed by atoms with E-state index >= 15 is 0 Å². The Balaban J connectivity index is 2.71. The maximum absolute atomic E-state index is 5.32. The quantitative estimate of drug-likeness (QED) is 0.696. The molecule has 0 unspecified atom stereocenters. The minimum atomic E-state index is 0.374. The number of rotatable bonds is 1. The summed E-state index contributed by atoms with van der Waals surface area (Å²) >= 11 is 10.1. The zero-order chi connectivity index (χ0) is 10.1. The molecule has 2 rings (SSSR count). The Bertz CT molecular complexity index is 550. The molecule has 3 nitrogen and oxygen atoms in total. The van der Waals surface area contributed by atoms with Gasteiger partial charge in [-0.1, -0.05) is 18.2 Å². The molecule has 1 heterocycles. The van der Waals surface area contributed by atoms with Gasteiger partial charge in [0.15, 0.2) is 0 Å². The summed E-state index contributed by atoms with van der Waals surface area (Å²) in [7, 11) is 1.79. The van der Waals surface area contributed by atoms with E-state index in [4.69, 9.17) is 29.0 Å². The SMILES string of the molecule is Cn1c(=S)on(-c2ccccc2)c1=S. The summed E-state index contributed by atoms with van der Waals surface area (Å²) in [4.78, 5) is 0.374. The van der Waals surface area contributed by atoms with Gasteiger partial charge in [-0.2, -0.15) is 0 Å². The molecule has 0 radical (unpaired) electrons. The van der Waals surface area contributed by atoms with E-state index in [1.807, 2.05) is 30.3 Å². The van der Waals surface area contributed by atoms with Crippen molar-refractivity contribution in [2.75, 3.05) is 0 Å². The molecule has 0 saturated heterocycles. The first-order chi connectivity index (χ1) is 6.70. The van der Waals surface area contributed by atoms with Crippen molar-refractivity contribution in [1.82, 2.24) is 9.31 Å². The summed E-state index contributed by atoms with van der Waals surface area (Å²) in [5, 5.41) is 0. The molecule has 0 bridgehead atoms. The largest absolute Gasteiger partial charge is 0.341 e. The Morgan fingerprint density at radius 1 is 1.14 bits per heavy atom. The summed E-state index contributed by atoms with van der Waals surface area (Å²) in [6, 6.07) is 9.60. The van der Waals surface area contributed by atoms with Crippen molar-refractivity contribution in [3.05, 3.63) is 39.9 Å². The third-order valence-corrected chi connectivity index (χ3v) is 2.68. The maximum Gasteiger partial charge on any atom is 0.295 e. The highest BCUT2D eigenvalue weighted by Gasteiger charge is 2.03. The first kappa shape index (κ1) is 9.36. The van der Waals surface area contributed by atoms with E-state index in [-0.39, 0.29) is 0 Å². The Hall–Kier alpha value is -1.20. The Morgan fingerprint density at radius 2 is 1.79 bits per heavy atom. The molecule has 1 aromatic heterocycles. The zero-order valence-corrected chi connectivity index (χ0v) is 9.14. The maximum atomic E-state index is 5.32. The summed E-state index contributed by atoms with van der Waals surface area (Å²) in [5.74, 6) is 0. The molecule has 0 fully saturated rings. The van der Waals surface area contributed by atoms with E-state index in [0.717, 1.165) is 5.69 Å². The first-order valence-electron chi connectivity index (χ1n) is 4.05. The van der Waals surface area contributed by atoms with Gasteiger partial charge in [0, 0.05) is 7.05 Å². The monoisotopic (exact) mass is 224 g/mol. The van der Waals surface area contributed by atoms with Gasteiger partial charge in [-0.05, 0) is 36.6 Å². The van der Waals surface area contributed by atoms with Gasteiger partial charge < -0.3 is 4.52 Å². The van der Waals surface area contributed by atoms with Crippen LogP contribution in [0.25, 0.3) is 5.69 Å². The minimum Gasteiger partial charge on any atom is -0.341 e. The predicted molar refractivity (Wildman–Crippen MR) is 58.7 cm³/mol. The van der Waals surface area contributed by atoms with Crippen molar-refractivity contribution in [1.29, 1.82) is 0 Å². The molecule has 0 amide bonds. The second-order valence-electron chi connectivity index (χ2n) is 2.83. The Kier molecular flexibility index (Phi) is 2.35. The van der Waals surface area contributed by atoms with Gasteiger partial charge in [0.2, 0.25) is 4.77 Å². The first-order valence-corrected chi connectivity index (χ1v) is 4.86. The van der Waals surface area contributed by atoms with Gasteiger partial charge in [0.05, 0.1) is 5.69 Å². The lowest BCUT2D eigenvalue weighted by atomic mass is 10.3. The van der Waals surface area contributed by atoms with Crippen LogP contribution in [0.5, 0.6) is 0 Å². The molecule has 0 aliphatic rings. The van der Waals surface area contributed by atoms with Gasteiger partial charge in [-0.15, -0.1) is 4.74 Å². The molecule has 72 valence electrons. The van der Waals surface area contributed by atoms with Crippen molar-refractivity contribution >= 4 is 24.4 Å². The van der Waals surface area contributed by atoms with Crippen LogP contribution in [-0.4, -0.2) is 9.31 Å². The van der Waals surface area contributed by atoms with Crippen LogP contribution in [0.4, 0.5) is 0 Å². The highest BCUT2D eigenvalue weighted by atomic mass is 32.1. The van der Waals surface area contributed by atoms with Crippen LogP contribution >= 0.6 is 24.4 Å². The molecule has 0 N–H and O–H groups in total. The standard InChI is InChI=1S/C9H8N2OS2/c1-10-8(13)11(12-9(10)14)7-5-3-2-4-6-7/h2-6H,1H3. The van der Waals surface area contributed by atoms with E-state index in [1.54, 1.807) is 11.6 Å². The lowest BCUT2D eigenvalue weighted by molar-refractivity contribution is 0.330. The second kappa shape index (κ2) is 3.51. The van der Waals surface area contributed by atoms with Crippen molar-refractivity contribution in [2.45, 2.75) is 0 Å². The average molecular weight is 224 g/mol. The molecule has 0 spiro atoms. The number of para-hydroxylation sites is 1. The van der Waals surface area contributed by atoms with Gasteiger partial charge >= 0.3 is 0 Å². The molecule has 0 aliphatic heterocycles. The predicted octanol–water partition coefficient (Wildman–Crippen LogP) is 2.87. The minimum absolute atomic E-state index is 0.374. The molecule has 1 aromatic carbocycles. The van der Waals surface area contributed by atoms with E-state index in [0.29, 0.717) is 9.61 Å². The zero-order valence-electron chi connectivity index (χ0n) is 7.51. The van der Waals surface area contributed by atoms with Crippen molar-refractivity contribution in [3.63, 3.8) is 0 Å². The van der Waals surface area contributed by atoms with E-state index in [9.17, 15) is 0 Å². The van der Waals surface area contributed by atoms with Crippen molar-refractivity contribution in [3.8, 4) is 5.69 Å². The van der Waals surface area contributed by atoms with Crippen LogP contribution in [-0.2, 0) is 7.05 Å². The molecule has 0 atom stereocenters. The summed E-state index contributed by atoms with van der Waals surface area (Å²) in [5.41, 5.74) is 0.879. The number of aromatic nitrogens is 2. The van der Waals surface area contributed by atoms with Crippen LogP contribution < -0.4 is 0 Å². The lowest BCUT2D eigenvalue weighted by Gasteiger charge is -1.97. The molecule has 0 saturated carbocycles. The van der Waals surface area contributed by atoms with Crippen LogP contribution in [0.1, 0.15) is 0 Å². The van der Waals surface area contributed by atoms with E-state index in [2.05, 4.69) is 0 Å². The van der Waals surface area contributed by atoms with Gasteiger partial charge in [-0.25, -0.2) is 0 Å². The van der Waals surface area contributed by atoms with Crippen molar-refractivity contribution < 1.29 is 4.52 Å². The Labute approximate surface area is 91.2 Å². The van der Waals surface area contributed by atoms with Gasteiger partial charge in [0.25, 0.3) is 4.84 Å². The van der Waals surface area contributed by atoms with Crippen LogP contribution in [0.3, 0.4) is 0 Å². The third-order valence-electron chi connectivity index (χ3n) is 1.89. The fourth-order valence-corrected chi connectivity index (χ4v) is 1.56. The third kappa shape index (κ3) is 1.44. The molecule has 2 aromatic rings. The average Bonchev–Trinajstić information content (AvgIpc) is 2.47. The van der Waals surface area contributed by atoms with Gasteiger partial charge in [-0.3, -0.25) is 4.57 Å². The second-order valence-corrected chi connectivity index (χ2v) is 3.54. The molecule has 5 heteroatoms. The number of hydrogen-bond acceptors (Lipinski definition) is 3. The van der Waals surface area contributed by atoms with Crippen LogP contribution in [0, 0.1) is 9.61 Å². The summed E-state index contributed by atoms with van der Waals surface area (Å²) in [6.45, 7) is 0. The van der Waals surface area contributed by atoms with Crippen LogP contribution in [0.2, 0.25) is 0 Å². The summed E-state index contributed by atoms with van der Waals surface area (Å²) in [6.07, 6.45) is 0. The fraction of sp³-hybridized carbons (Fsp3) is 0.111. The molecule has 0 aliphatic carbocycles. The molecular weight excluding hydrogens is 216 g/mol. The van der Waals surface area contributed by atoms with E-state index < -0.39 is 0 Å². The number of nitrogens with zero attached hydrogens (tertiary/aromatic N) is 2. The number of benzene rings is 1. The van der Waals surface area contributed by atoms with Crippen LogP contribution in [0.15, 0.2) is 34.9 Å². The summed E-state index contributed by atoms with van der Waals surface area (Å²) < 4.78 is 9.07. The highest BCUT2D eigenvalue weighted by molar-refractivity contribution is 7.71. The molecule has 14 heavy (non-hydrogen) atoms. The highest BCUT2D eigenvalue weighted by Crippen LogP contribution is 2.09. The van der Waals surface area contributed by atoms with Gasteiger partial charge in [0.1, 0.15) is 0 Å². The number of hydrogen-bond donors (Lipinski definition) is 0. The smallest absolute Gasteiger partial charge is 0.295 e. The van der Waals surface area contributed by atoms with E-state index in [1.165, 1.54) is 4.74 Å². The fourth-order valence-electron chi connectivity index (χ4n) is 1.12. The van der Waals surface area contributed by atoms with Crippen molar-refractivity contribution in [2.24, 2.45) is 7.05 Å². The lowest BCUT2D eigenvalue weighted by Crippen LogP contribution is -1.94. The topological polar surface area (TPSA) is 23.0 Å². The Morgan fingerprint density at radius 3 is 2.29 bits per heavy atom.